The molecule has 1 amide bonds. The van der Waals surface area contributed by atoms with Crippen LogP contribution in [0.3, 0.4) is 0 Å². The number of carbonyl (C=O) groups is 2. The topological polar surface area (TPSA) is 67.4 Å². The average molecular weight is 198 g/mol. The summed E-state index contributed by atoms with van der Waals surface area (Å²) < 4.78 is 4.62. The van der Waals surface area contributed by atoms with Gasteiger partial charge in [-0.3, -0.25) is 10.2 Å². The number of esters is 1. The zero-order chi connectivity index (χ0) is 10.6. The van der Waals surface area contributed by atoms with Gasteiger partial charge < -0.3 is 10.2 Å². The Hall–Kier alpha value is -1.52. The Labute approximate surface area is 82.5 Å². The second-order valence-corrected chi connectivity index (χ2v) is 3.11. The van der Waals surface area contributed by atoms with Crippen LogP contribution in [0.4, 0.5) is 0 Å². The molecule has 0 saturated heterocycles. The highest BCUT2D eigenvalue weighted by Crippen LogP contribution is 2.24. The molecule has 2 N–H and O–H groups in total. The first-order valence-electron chi connectivity index (χ1n) is 4.48. The maximum absolute atomic E-state index is 11.2. The summed E-state index contributed by atoms with van der Waals surface area (Å²) in [7, 11) is 1.35. The number of amides is 1. The molecular formula is C9H14N2O3. The lowest BCUT2D eigenvalue weighted by Crippen LogP contribution is -2.35. The molecule has 1 rings (SSSR count). The first-order valence-corrected chi connectivity index (χ1v) is 4.48. The van der Waals surface area contributed by atoms with Crippen LogP contribution in [0.5, 0.6) is 0 Å². The number of allylic oxidation sites excluding steroid dienone is 1. The van der Waals surface area contributed by atoms with Crippen LogP contribution in [0.2, 0.25) is 0 Å². The highest BCUT2D eigenvalue weighted by Gasteiger charge is 2.21. The van der Waals surface area contributed by atoms with E-state index in [-0.39, 0.29) is 11.9 Å². The number of methoxy groups -OCH3 is 1. The molecule has 0 aromatic carbocycles. The van der Waals surface area contributed by atoms with Gasteiger partial charge in [-0.2, -0.15) is 0 Å². The van der Waals surface area contributed by atoms with Crippen molar-refractivity contribution in [1.29, 1.82) is 0 Å². The highest BCUT2D eigenvalue weighted by molar-refractivity contribution is 5.89. The lowest BCUT2D eigenvalue weighted by atomic mass is 10.2. The van der Waals surface area contributed by atoms with E-state index in [2.05, 4.69) is 15.6 Å². The minimum atomic E-state index is -0.324. The van der Waals surface area contributed by atoms with E-state index in [0.717, 1.165) is 18.5 Å². The van der Waals surface area contributed by atoms with Gasteiger partial charge in [0.05, 0.1) is 12.7 Å². The Balaban J connectivity index is 2.63. The number of nitrogens with one attached hydrogen (secondary N) is 2. The van der Waals surface area contributed by atoms with Crippen LogP contribution < -0.4 is 10.9 Å². The summed E-state index contributed by atoms with van der Waals surface area (Å²) in [6.07, 6.45) is 2.38. The number of ether oxygens (including phenoxy) is 1. The van der Waals surface area contributed by atoms with Crippen LogP contribution in [-0.4, -0.2) is 19.0 Å². The standard InChI is InChI=1S/C9H14N2O3/c1-6(12)10-11-8-5-3-4-7(8)9(13)14-2/h11H,3-5H2,1-2H3,(H,10,12). The highest BCUT2D eigenvalue weighted by atomic mass is 16.5. The minimum Gasteiger partial charge on any atom is -0.466 e. The van der Waals surface area contributed by atoms with Crippen molar-refractivity contribution in [3.8, 4) is 0 Å². The van der Waals surface area contributed by atoms with Gasteiger partial charge in [-0.05, 0) is 19.3 Å². The molecule has 14 heavy (non-hydrogen) atoms. The quantitative estimate of drug-likeness (QED) is 0.503. The Kier molecular flexibility index (Phi) is 3.50. The van der Waals surface area contributed by atoms with Gasteiger partial charge in [-0.25, -0.2) is 4.79 Å². The van der Waals surface area contributed by atoms with E-state index in [9.17, 15) is 9.59 Å². The van der Waals surface area contributed by atoms with Crippen molar-refractivity contribution in [3.63, 3.8) is 0 Å². The Morgan fingerprint density at radius 3 is 2.64 bits per heavy atom. The summed E-state index contributed by atoms with van der Waals surface area (Å²) in [5, 5.41) is 0. The zero-order valence-electron chi connectivity index (χ0n) is 8.35. The first kappa shape index (κ1) is 10.6. The van der Waals surface area contributed by atoms with Gasteiger partial charge in [-0.1, -0.05) is 0 Å². The average Bonchev–Trinajstić information content (AvgIpc) is 2.61. The SMILES string of the molecule is COC(=O)C1=C(NNC(C)=O)CCC1. The fourth-order valence-electron chi connectivity index (χ4n) is 1.39. The molecule has 78 valence electrons. The molecule has 5 nitrogen and oxygen atoms in total. The number of carbonyl (C=O) groups excluding carboxylic acids is 2. The van der Waals surface area contributed by atoms with Crippen molar-refractivity contribution in [2.24, 2.45) is 0 Å². The number of hydrazine groups is 1. The molecule has 0 heterocycles. The summed E-state index contributed by atoms with van der Waals surface area (Å²) in [4.78, 5) is 21.9. The van der Waals surface area contributed by atoms with E-state index in [1.807, 2.05) is 0 Å². The molecule has 0 atom stereocenters. The molecule has 0 aliphatic heterocycles. The summed E-state index contributed by atoms with van der Waals surface area (Å²) in [6.45, 7) is 1.40. The summed E-state index contributed by atoms with van der Waals surface area (Å²) in [5.74, 6) is -0.510. The van der Waals surface area contributed by atoms with Crippen LogP contribution in [0, 0.1) is 0 Å². The van der Waals surface area contributed by atoms with Crippen LogP contribution in [0.1, 0.15) is 26.2 Å². The van der Waals surface area contributed by atoms with Crippen molar-refractivity contribution in [2.45, 2.75) is 26.2 Å². The van der Waals surface area contributed by atoms with E-state index in [4.69, 9.17) is 0 Å². The first-order chi connectivity index (χ1) is 6.65. The predicted molar refractivity (Wildman–Crippen MR) is 49.8 cm³/mol. The molecule has 1 aliphatic carbocycles. The monoisotopic (exact) mass is 198 g/mol. The molecule has 0 saturated carbocycles. The maximum Gasteiger partial charge on any atom is 0.335 e. The third-order valence-corrected chi connectivity index (χ3v) is 2.04. The van der Waals surface area contributed by atoms with Gasteiger partial charge >= 0.3 is 5.97 Å². The molecule has 1 aliphatic rings. The third kappa shape index (κ3) is 2.48. The fraction of sp³-hybridized carbons (Fsp3) is 0.556. The lowest BCUT2D eigenvalue weighted by molar-refractivity contribution is -0.136. The summed E-state index contributed by atoms with van der Waals surface area (Å²) >= 11 is 0. The molecule has 0 aromatic rings. The molecule has 0 bridgehead atoms. The van der Waals surface area contributed by atoms with Crippen LogP contribution >= 0.6 is 0 Å². The molecule has 0 fully saturated rings. The van der Waals surface area contributed by atoms with Gasteiger partial charge in [0.2, 0.25) is 5.91 Å². The smallest absolute Gasteiger partial charge is 0.335 e. The Bertz CT molecular complexity index is 284. The molecule has 0 unspecified atom stereocenters. The summed E-state index contributed by atoms with van der Waals surface area (Å²) in [5.41, 5.74) is 6.55. The van der Waals surface area contributed by atoms with Crippen molar-refractivity contribution < 1.29 is 14.3 Å². The Morgan fingerprint density at radius 2 is 2.07 bits per heavy atom. The van der Waals surface area contributed by atoms with E-state index in [1.165, 1.54) is 14.0 Å². The van der Waals surface area contributed by atoms with Gasteiger partial charge in [0.1, 0.15) is 0 Å². The van der Waals surface area contributed by atoms with Crippen molar-refractivity contribution in [1.82, 2.24) is 10.9 Å². The number of rotatable bonds is 3. The second kappa shape index (κ2) is 4.64. The fourth-order valence-corrected chi connectivity index (χ4v) is 1.39. The lowest BCUT2D eigenvalue weighted by Gasteiger charge is -2.09. The molecule has 0 spiro atoms. The Morgan fingerprint density at radius 1 is 1.36 bits per heavy atom. The van der Waals surface area contributed by atoms with Crippen LogP contribution in [0.15, 0.2) is 11.3 Å². The largest absolute Gasteiger partial charge is 0.466 e. The van der Waals surface area contributed by atoms with Gasteiger partial charge in [0, 0.05) is 12.6 Å². The van der Waals surface area contributed by atoms with Gasteiger partial charge in [-0.15, -0.1) is 0 Å². The molecule has 0 radical (unpaired) electrons. The number of hydrogen-bond donors (Lipinski definition) is 2. The number of hydrogen-bond acceptors (Lipinski definition) is 4. The van der Waals surface area contributed by atoms with E-state index >= 15 is 0 Å². The zero-order valence-corrected chi connectivity index (χ0v) is 8.35. The van der Waals surface area contributed by atoms with Crippen molar-refractivity contribution >= 4 is 11.9 Å². The van der Waals surface area contributed by atoms with E-state index < -0.39 is 0 Å². The predicted octanol–water partition coefficient (Wildman–Crippen LogP) is 0.238. The van der Waals surface area contributed by atoms with Crippen molar-refractivity contribution in [2.75, 3.05) is 7.11 Å². The normalized spacial score (nSPS) is 15.3. The third-order valence-electron chi connectivity index (χ3n) is 2.04. The maximum atomic E-state index is 11.2. The summed E-state index contributed by atoms with van der Waals surface area (Å²) in [6, 6.07) is 0. The van der Waals surface area contributed by atoms with Gasteiger partial charge in [0.15, 0.2) is 0 Å². The van der Waals surface area contributed by atoms with Crippen LogP contribution in [-0.2, 0) is 14.3 Å². The minimum absolute atomic E-state index is 0.186. The van der Waals surface area contributed by atoms with Crippen molar-refractivity contribution in [3.05, 3.63) is 11.3 Å². The van der Waals surface area contributed by atoms with Crippen LogP contribution in [0.25, 0.3) is 0 Å². The second-order valence-electron chi connectivity index (χ2n) is 3.11. The molecule has 0 aromatic heterocycles. The van der Waals surface area contributed by atoms with E-state index in [0.29, 0.717) is 12.0 Å². The van der Waals surface area contributed by atoms with E-state index in [1.54, 1.807) is 0 Å². The molecule has 5 heteroatoms. The molecular weight excluding hydrogens is 184 g/mol. The van der Waals surface area contributed by atoms with Gasteiger partial charge in [0.25, 0.3) is 0 Å².